The van der Waals surface area contributed by atoms with Crippen LogP contribution in [0.3, 0.4) is 0 Å². The highest BCUT2D eigenvalue weighted by molar-refractivity contribution is 6.39. The first-order chi connectivity index (χ1) is 15.2. The summed E-state index contributed by atoms with van der Waals surface area (Å²) >= 11 is 17.5. The average Bonchev–Trinajstić information content (AvgIpc) is 3.19. The van der Waals surface area contributed by atoms with Crippen LogP contribution in [0.1, 0.15) is 15.9 Å². The molecule has 162 valence electrons. The Hall–Kier alpha value is -3.25. The Kier molecular flexibility index (Phi) is 7.26. The standard InChI is InChI=1S/C15H12ClNO.C9H5Cl2NO2/c1-10(15(17)18)12-3-2-4-13(9-12)11-5-7-14(16)8-6-11;10-4-1-6(11)8-5(9(13)14)3-12-7(8)2-4/h2-9H,1H2,(H2,17,18);1-3,12H,(H,13,14). The highest BCUT2D eigenvalue weighted by Crippen LogP contribution is 2.30. The maximum Gasteiger partial charge on any atom is 0.337 e. The van der Waals surface area contributed by atoms with Gasteiger partial charge in [0.15, 0.2) is 0 Å². The Morgan fingerprint density at radius 1 is 0.906 bits per heavy atom. The van der Waals surface area contributed by atoms with Crippen molar-refractivity contribution in [3.8, 4) is 11.1 Å². The Morgan fingerprint density at radius 3 is 2.22 bits per heavy atom. The molecule has 1 heterocycles. The number of aromatic amines is 1. The number of halogens is 3. The van der Waals surface area contributed by atoms with Crippen LogP contribution in [0.25, 0.3) is 27.6 Å². The third kappa shape index (κ3) is 5.32. The minimum Gasteiger partial charge on any atom is -0.478 e. The predicted octanol–water partition coefficient (Wildman–Crippen LogP) is 6.68. The van der Waals surface area contributed by atoms with Crippen molar-refractivity contribution in [1.82, 2.24) is 4.98 Å². The lowest BCUT2D eigenvalue weighted by Gasteiger charge is -2.06. The Bertz CT molecular complexity index is 1330. The molecule has 0 saturated heterocycles. The number of hydrogen-bond acceptors (Lipinski definition) is 2. The first-order valence-corrected chi connectivity index (χ1v) is 10.3. The van der Waals surface area contributed by atoms with Gasteiger partial charge in [-0.25, -0.2) is 4.79 Å². The first kappa shape index (κ1) is 23.4. The van der Waals surface area contributed by atoms with E-state index in [2.05, 4.69) is 11.6 Å². The van der Waals surface area contributed by atoms with Crippen LogP contribution in [0.4, 0.5) is 0 Å². The Morgan fingerprint density at radius 2 is 1.59 bits per heavy atom. The summed E-state index contributed by atoms with van der Waals surface area (Å²) in [5, 5.41) is 10.8. The van der Waals surface area contributed by atoms with Crippen molar-refractivity contribution < 1.29 is 14.7 Å². The number of aromatic carboxylic acids is 1. The van der Waals surface area contributed by atoms with E-state index < -0.39 is 11.9 Å². The second kappa shape index (κ2) is 9.92. The number of carboxylic acid groups (broad SMARTS) is 1. The van der Waals surface area contributed by atoms with Crippen LogP contribution in [-0.4, -0.2) is 22.0 Å². The zero-order valence-electron chi connectivity index (χ0n) is 16.5. The van der Waals surface area contributed by atoms with E-state index in [1.807, 2.05) is 48.5 Å². The maximum absolute atomic E-state index is 11.1. The van der Waals surface area contributed by atoms with Crippen molar-refractivity contribution in [1.29, 1.82) is 0 Å². The van der Waals surface area contributed by atoms with Gasteiger partial charge >= 0.3 is 5.97 Å². The molecule has 0 radical (unpaired) electrons. The molecule has 4 rings (SSSR count). The molecule has 0 atom stereocenters. The number of nitrogens with two attached hydrogens (primary N) is 1. The number of benzene rings is 3. The summed E-state index contributed by atoms with van der Waals surface area (Å²) in [7, 11) is 0. The summed E-state index contributed by atoms with van der Waals surface area (Å²) in [6.45, 7) is 3.68. The highest BCUT2D eigenvalue weighted by atomic mass is 35.5. The molecular formula is C24H17Cl3N2O3. The monoisotopic (exact) mass is 486 g/mol. The number of carbonyl (C=O) groups excluding carboxylic acids is 1. The van der Waals surface area contributed by atoms with E-state index in [1.165, 1.54) is 12.3 Å². The van der Waals surface area contributed by atoms with Crippen LogP contribution in [0.2, 0.25) is 15.1 Å². The number of hydrogen-bond donors (Lipinski definition) is 3. The van der Waals surface area contributed by atoms with Crippen LogP contribution in [-0.2, 0) is 4.79 Å². The van der Waals surface area contributed by atoms with Crippen LogP contribution >= 0.6 is 34.8 Å². The number of rotatable bonds is 4. The van der Waals surface area contributed by atoms with Gasteiger partial charge in [0.25, 0.3) is 0 Å². The molecule has 0 saturated carbocycles. The van der Waals surface area contributed by atoms with Gasteiger partial charge in [0.2, 0.25) is 5.91 Å². The number of fused-ring (bicyclic) bond motifs is 1. The van der Waals surface area contributed by atoms with Gasteiger partial charge in [-0.1, -0.05) is 71.7 Å². The smallest absolute Gasteiger partial charge is 0.337 e. The van der Waals surface area contributed by atoms with E-state index >= 15 is 0 Å². The molecule has 3 aromatic carbocycles. The van der Waals surface area contributed by atoms with Gasteiger partial charge in [-0.3, -0.25) is 4.79 Å². The molecular weight excluding hydrogens is 471 g/mol. The molecule has 4 N–H and O–H groups in total. The van der Waals surface area contributed by atoms with E-state index in [4.69, 9.17) is 45.6 Å². The molecule has 1 amide bonds. The number of H-pyrrole nitrogens is 1. The Balaban J connectivity index is 0.000000186. The van der Waals surface area contributed by atoms with Crippen molar-refractivity contribution in [3.05, 3.63) is 99.6 Å². The number of carboxylic acids is 1. The topological polar surface area (TPSA) is 96.2 Å². The van der Waals surface area contributed by atoms with Crippen LogP contribution in [0.15, 0.2) is 73.4 Å². The summed E-state index contributed by atoms with van der Waals surface area (Å²) in [5.41, 5.74) is 9.06. The minimum absolute atomic E-state index is 0.154. The molecule has 32 heavy (non-hydrogen) atoms. The Labute approximate surface area is 199 Å². The lowest BCUT2D eigenvalue weighted by atomic mass is 10.00. The zero-order chi connectivity index (χ0) is 23.4. The number of aromatic nitrogens is 1. The predicted molar refractivity (Wildman–Crippen MR) is 130 cm³/mol. The average molecular weight is 488 g/mol. The molecule has 0 aliphatic rings. The fourth-order valence-corrected chi connectivity index (χ4v) is 3.74. The summed E-state index contributed by atoms with van der Waals surface area (Å²) < 4.78 is 0. The van der Waals surface area contributed by atoms with Gasteiger partial charge in [0.05, 0.1) is 10.6 Å². The lowest BCUT2D eigenvalue weighted by Crippen LogP contribution is -2.11. The van der Waals surface area contributed by atoms with Gasteiger partial charge in [-0.05, 0) is 47.0 Å². The molecule has 8 heteroatoms. The van der Waals surface area contributed by atoms with Crippen molar-refractivity contribution in [2.24, 2.45) is 5.73 Å². The summed E-state index contributed by atoms with van der Waals surface area (Å²) in [6.07, 6.45) is 1.40. The molecule has 5 nitrogen and oxygen atoms in total. The summed E-state index contributed by atoms with van der Waals surface area (Å²) in [6, 6.07) is 18.2. The van der Waals surface area contributed by atoms with Crippen molar-refractivity contribution in [2.45, 2.75) is 0 Å². The molecule has 0 spiro atoms. The van der Waals surface area contributed by atoms with E-state index in [-0.39, 0.29) is 5.56 Å². The third-order valence-corrected chi connectivity index (χ3v) is 5.38. The van der Waals surface area contributed by atoms with Gasteiger partial charge in [0, 0.05) is 32.7 Å². The van der Waals surface area contributed by atoms with Crippen LogP contribution < -0.4 is 5.73 Å². The van der Waals surface area contributed by atoms with E-state index in [0.29, 0.717) is 31.5 Å². The second-order valence-electron chi connectivity index (χ2n) is 6.75. The summed E-state index contributed by atoms with van der Waals surface area (Å²) in [4.78, 5) is 24.7. The molecule has 0 aliphatic heterocycles. The van der Waals surface area contributed by atoms with Crippen molar-refractivity contribution >= 4 is 63.2 Å². The number of carbonyl (C=O) groups is 2. The molecule has 4 aromatic rings. The SMILES string of the molecule is C=C(C(N)=O)c1cccc(-c2ccc(Cl)cc2)c1.O=C(O)c1c[nH]c2cc(Cl)cc(Cl)c12. The maximum atomic E-state index is 11.1. The van der Waals surface area contributed by atoms with E-state index in [1.54, 1.807) is 6.07 Å². The van der Waals surface area contributed by atoms with Gasteiger partial charge in [-0.2, -0.15) is 0 Å². The van der Waals surface area contributed by atoms with Crippen molar-refractivity contribution in [3.63, 3.8) is 0 Å². The molecule has 1 aromatic heterocycles. The molecule has 0 fully saturated rings. The largest absolute Gasteiger partial charge is 0.478 e. The van der Waals surface area contributed by atoms with Gasteiger partial charge < -0.3 is 15.8 Å². The van der Waals surface area contributed by atoms with Gasteiger partial charge in [0.1, 0.15) is 0 Å². The fourth-order valence-electron chi connectivity index (χ4n) is 3.02. The third-order valence-electron chi connectivity index (χ3n) is 4.61. The highest BCUT2D eigenvalue weighted by Gasteiger charge is 2.13. The van der Waals surface area contributed by atoms with Crippen LogP contribution in [0, 0.1) is 0 Å². The fraction of sp³-hybridized carbons (Fsp3) is 0. The number of nitrogens with one attached hydrogen (secondary N) is 1. The van der Waals surface area contributed by atoms with E-state index in [9.17, 15) is 9.59 Å². The molecule has 0 unspecified atom stereocenters. The summed E-state index contributed by atoms with van der Waals surface area (Å²) in [5.74, 6) is -1.52. The molecule has 0 aliphatic carbocycles. The number of amides is 1. The zero-order valence-corrected chi connectivity index (χ0v) is 18.8. The van der Waals surface area contributed by atoms with E-state index in [0.717, 1.165) is 16.7 Å². The van der Waals surface area contributed by atoms with Gasteiger partial charge in [-0.15, -0.1) is 0 Å². The normalized spacial score (nSPS) is 10.3. The minimum atomic E-state index is -1.01. The lowest BCUT2D eigenvalue weighted by molar-refractivity contribution is -0.112. The van der Waals surface area contributed by atoms with Crippen molar-refractivity contribution in [2.75, 3.05) is 0 Å². The quantitative estimate of drug-likeness (QED) is 0.280. The van der Waals surface area contributed by atoms with Crippen LogP contribution in [0.5, 0.6) is 0 Å². The second-order valence-corrected chi connectivity index (χ2v) is 8.03. The number of primary amides is 1. The molecule has 0 bridgehead atoms. The first-order valence-electron chi connectivity index (χ1n) is 9.22.